The monoisotopic (exact) mass is 416 g/mol. The summed E-state index contributed by atoms with van der Waals surface area (Å²) in [5.41, 5.74) is -0.193. The van der Waals surface area contributed by atoms with Crippen LogP contribution in [0.3, 0.4) is 0 Å². The molecule has 4 atom stereocenters. The van der Waals surface area contributed by atoms with Gasteiger partial charge in [-0.3, -0.25) is 19.2 Å². The Labute approximate surface area is 176 Å². The molecule has 7 nitrogen and oxygen atoms in total. The smallest absolute Gasteiger partial charge is 0.318 e. The predicted octanol–water partition coefficient (Wildman–Crippen LogP) is 3.33. The van der Waals surface area contributed by atoms with E-state index in [0.717, 1.165) is 12.8 Å². The number of esters is 2. The first-order chi connectivity index (χ1) is 14.2. The first kappa shape index (κ1) is 22.0. The second-order valence-electron chi connectivity index (χ2n) is 8.30. The highest BCUT2D eigenvalue weighted by molar-refractivity contribution is 6.09. The highest BCUT2D eigenvalue weighted by Crippen LogP contribution is 2.50. The van der Waals surface area contributed by atoms with Crippen molar-refractivity contribution in [3.05, 3.63) is 35.3 Å². The van der Waals surface area contributed by atoms with Crippen LogP contribution in [0.5, 0.6) is 0 Å². The van der Waals surface area contributed by atoms with Crippen molar-refractivity contribution in [2.75, 3.05) is 0 Å². The minimum atomic E-state index is -1.41. The number of fused-ring (bicyclic) bond motifs is 3. The molecule has 0 radical (unpaired) electrons. The van der Waals surface area contributed by atoms with Crippen LogP contribution in [-0.4, -0.2) is 35.2 Å². The Morgan fingerprint density at radius 3 is 2.63 bits per heavy atom. The predicted molar refractivity (Wildman–Crippen MR) is 107 cm³/mol. The summed E-state index contributed by atoms with van der Waals surface area (Å²) < 4.78 is 16.3. The molecule has 2 unspecified atom stereocenters. The van der Waals surface area contributed by atoms with Crippen molar-refractivity contribution in [2.45, 2.75) is 71.5 Å². The highest BCUT2D eigenvalue weighted by atomic mass is 16.6. The molecule has 0 spiro atoms. The number of carbonyl (C=O) groups excluding carboxylic acids is 4. The maximum absolute atomic E-state index is 12.9. The lowest BCUT2D eigenvalue weighted by molar-refractivity contribution is -0.156. The quantitative estimate of drug-likeness (QED) is 0.340. The normalized spacial score (nSPS) is 28.2. The summed E-state index contributed by atoms with van der Waals surface area (Å²) in [7, 11) is 0. The van der Waals surface area contributed by atoms with Gasteiger partial charge < -0.3 is 14.2 Å². The van der Waals surface area contributed by atoms with Crippen LogP contribution in [0.1, 0.15) is 59.8 Å². The van der Waals surface area contributed by atoms with E-state index in [1.54, 1.807) is 19.9 Å². The van der Waals surface area contributed by atoms with E-state index in [9.17, 15) is 19.2 Å². The SMILES string of the molecule is CCCCCC(=O)C1C(=O)O[C@@]2(C)C(=O)C=C3C=C(CC(C)OC(C)=O)OC=C3[C@@H]12. The van der Waals surface area contributed by atoms with E-state index in [0.29, 0.717) is 29.7 Å². The van der Waals surface area contributed by atoms with E-state index in [1.165, 1.54) is 19.3 Å². The lowest BCUT2D eigenvalue weighted by Crippen LogP contribution is -2.46. The Kier molecular flexibility index (Phi) is 6.29. The second kappa shape index (κ2) is 8.58. The summed E-state index contributed by atoms with van der Waals surface area (Å²) in [4.78, 5) is 49.5. The zero-order valence-corrected chi connectivity index (χ0v) is 17.9. The van der Waals surface area contributed by atoms with Crippen molar-refractivity contribution < 1.29 is 33.4 Å². The van der Waals surface area contributed by atoms with Crippen LogP contribution in [-0.2, 0) is 33.4 Å². The van der Waals surface area contributed by atoms with Crippen molar-refractivity contribution in [2.24, 2.45) is 11.8 Å². The Morgan fingerprint density at radius 2 is 1.97 bits per heavy atom. The Balaban J connectivity index is 1.86. The molecule has 2 aliphatic heterocycles. The maximum atomic E-state index is 12.9. The summed E-state index contributed by atoms with van der Waals surface area (Å²) in [6, 6.07) is 0. The molecule has 162 valence electrons. The lowest BCUT2D eigenvalue weighted by Gasteiger charge is -2.35. The molecular weight excluding hydrogens is 388 g/mol. The fourth-order valence-corrected chi connectivity index (χ4v) is 4.37. The van der Waals surface area contributed by atoms with Gasteiger partial charge in [-0.2, -0.15) is 0 Å². The van der Waals surface area contributed by atoms with Crippen LogP contribution < -0.4 is 0 Å². The molecule has 0 aromatic heterocycles. The van der Waals surface area contributed by atoms with Crippen LogP contribution in [0, 0.1) is 11.8 Å². The van der Waals surface area contributed by atoms with Gasteiger partial charge in [0.2, 0.25) is 0 Å². The van der Waals surface area contributed by atoms with Gasteiger partial charge >= 0.3 is 11.9 Å². The van der Waals surface area contributed by atoms with Gasteiger partial charge in [-0.15, -0.1) is 0 Å². The molecule has 1 aliphatic carbocycles. The average Bonchev–Trinajstić information content (AvgIpc) is 2.93. The first-order valence-corrected chi connectivity index (χ1v) is 10.4. The van der Waals surface area contributed by atoms with E-state index in [4.69, 9.17) is 14.2 Å². The van der Waals surface area contributed by atoms with Gasteiger partial charge in [0.05, 0.1) is 12.2 Å². The maximum Gasteiger partial charge on any atom is 0.318 e. The highest BCUT2D eigenvalue weighted by Gasteiger charge is 2.62. The Bertz CT molecular complexity index is 863. The number of ether oxygens (including phenoxy) is 3. The number of unbranched alkanes of at least 4 members (excludes halogenated alkanes) is 2. The number of Topliss-reactive ketones (excluding diaryl/α,β-unsaturated/α-hetero) is 1. The van der Waals surface area contributed by atoms with Gasteiger partial charge in [0.25, 0.3) is 0 Å². The number of hydrogen-bond donors (Lipinski definition) is 0. The summed E-state index contributed by atoms with van der Waals surface area (Å²) in [6.07, 6.45) is 7.42. The molecule has 30 heavy (non-hydrogen) atoms. The van der Waals surface area contributed by atoms with Gasteiger partial charge in [-0.05, 0) is 38.0 Å². The molecule has 0 amide bonds. The summed E-state index contributed by atoms with van der Waals surface area (Å²) in [6.45, 7) is 6.69. The number of rotatable bonds is 8. The molecule has 1 saturated heterocycles. The van der Waals surface area contributed by atoms with E-state index in [2.05, 4.69) is 0 Å². The van der Waals surface area contributed by atoms with Gasteiger partial charge in [-0.1, -0.05) is 19.8 Å². The van der Waals surface area contributed by atoms with Crippen LogP contribution in [0.25, 0.3) is 0 Å². The first-order valence-electron chi connectivity index (χ1n) is 10.4. The second-order valence-corrected chi connectivity index (χ2v) is 8.30. The molecular formula is C23H28O7. The lowest BCUT2D eigenvalue weighted by atomic mass is 9.67. The summed E-state index contributed by atoms with van der Waals surface area (Å²) in [5.74, 6) is -2.77. The molecule has 2 heterocycles. The summed E-state index contributed by atoms with van der Waals surface area (Å²) >= 11 is 0. The third-order valence-electron chi connectivity index (χ3n) is 5.82. The van der Waals surface area contributed by atoms with Gasteiger partial charge in [0.1, 0.15) is 23.6 Å². The van der Waals surface area contributed by atoms with Gasteiger partial charge in [0.15, 0.2) is 11.4 Å². The molecule has 3 rings (SSSR count). The largest absolute Gasteiger partial charge is 0.469 e. The van der Waals surface area contributed by atoms with E-state index in [-0.39, 0.29) is 24.0 Å². The molecule has 0 aromatic rings. The molecule has 0 saturated carbocycles. The zero-order valence-electron chi connectivity index (χ0n) is 17.9. The van der Waals surface area contributed by atoms with Crippen LogP contribution in [0.4, 0.5) is 0 Å². The molecule has 7 heteroatoms. The molecule has 0 N–H and O–H groups in total. The standard InChI is InChI=1S/C23H28O7/c1-5-6-7-8-18(25)20-21-17-12-28-16(9-13(2)29-14(3)24)10-15(17)11-19(26)23(21,4)30-22(20)27/h10-13,20-21H,5-9H2,1-4H3/t13?,20?,21-,23-/m0/s1. The number of hydrogen-bond acceptors (Lipinski definition) is 7. The van der Waals surface area contributed by atoms with Crippen LogP contribution >= 0.6 is 0 Å². The zero-order chi connectivity index (χ0) is 22.1. The molecule has 1 fully saturated rings. The minimum absolute atomic E-state index is 0.199. The number of carbonyl (C=O) groups is 4. The van der Waals surface area contributed by atoms with E-state index >= 15 is 0 Å². The topological polar surface area (TPSA) is 96.0 Å². The molecule has 0 bridgehead atoms. The van der Waals surface area contributed by atoms with Crippen LogP contribution in [0.2, 0.25) is 0 Å². The van der Waals surface area contributed by atoms with Crippen molar-refractivity contribution in [3.63, 3.8) is 0 Å². The van der Waals surface area contributed by atoms with Gasteiger partial charge in [0, 0.05) is 25.3 Å². The average molecular weight is 416 g/mol. The van der Waals surface area contributed by atoms with E-state index in [1.807, 2.05) is 6.92 Å². The van der Waals surface area contributed by atoms with E-state index < -0.39 is 29.5 Å². The van der Waals surface area contributed by atoms with Crippen molar-refractivity contribution in [3.8, 4) is 0 Å². The number of ketones is 2. The molecule has 0 aromatic carbocycles. The number of allylic oxidation sites excluding steroid dienone is 2. The Hall–Kier alpha value is -2.70. The fourth-order valence-electron chi connectivity index (χ4n) is 4.37. The third-order valence-corrected chi connectivity index (χ3v) is 5.82. The Morgan fingerprint density at radius 1 is 1.23 bits per heavy atom. The fraction of sp³-hybridized carbons (Fsp3) is 0.565. The van der Waals surface area contributed by atoms with Crippen LogP contribution in [0.15, 0.2) is 35.3 Å². The molecule has 3 aliphatic rings. The van der Waals surface area contributed by atoms with Gasteiger partial charge in [-0.25, -0.2) is 0 Å². The third kappa shape index (κ3) is 4.11. The van der Waals surface area contributed by atoms with Crippen molar-refractivity contribution in [1.29, 1.82) is 0 Å². The summed E-state index contributed by atoms with van der Waals surface area (Å²) in [5, 5.41) is 0. The van der Waals surface area contributed by atoms with Crippen molar-refractivity contribution >= 4 is 23.5 Å². The minimum Gasteiger partial charge on any atom is -0.469 e. The van der Waals surface area contributed by atoms with Crippen molar-refractivity contribution in [1.82, 2.24) is 0 Å².